The zero-order chi connectivity index (χ0) is 23.8. The third kappa shape index (κ3) is 6.35. The maximum Gasteiger partial charge on any atom is 0.329 e. The minimum absolute atomic E-state index is 0.0972. The predicted octanol–water partition coefficient (Wildman–Crippen LogP) is 1.93. The van der Waals surface area contributed by atoms with Crippen LogP contribution < -0.4 is 35.0 Å². The number of anilines is 2. The summed E-state index contributed by atoms with van der Waals surface area (Å²) in [5.74, 6) is -0.324. The molecule has 33 heavy (non-hydrogen) atoms. The summed E-state index contributed by atoms with van der Waals surface area (Å²) in [5.41, 5.74) is 3.22. The molecule has 0 saturated carbocycles. The van der Waals surface area contributed by atoms with Gasteiger partial charge in [0.15, 0.2) is 11.5 Å². The summed E-state index contributed by atoms with van der Waals surface area (Å²) in [5, 5.41) is 8.96. The number of amides is 3. The molecule has 0 aliphatic carbocycles. The van der Waals surface area contributed by atoms with Gasteiger partial charge in [0.2, 0.25) is 5.91 Å². The summed E-state index contributed by atoms with van der Waals surface area (Å²) in [6.07, 6.45) is -0.0972. The molecule has 0 unspecified atom stereocenters. The number of benzene rings is 2. The van der Waals surface area contributed by atoms with Gasteiger partial charge in [0, 0.05) is 23.5 Å². The van der Waals surface area contributed by atoms with Gasteiger partial charge >= 0.3 is 11.8 Å². The third-order valence-corrected chi connectivity index (χ3v) is 4.45. The number of hydrazone groups is 1. The number of hydrogen-bond donors (Lipinski definition) is 3. The van der Waals surface area contributed by atoms with Gasteiger partial charge in [-0.1, -0.05) is 0 Å². The van der Waals surface area contributed by atoms with E-state index in [2.05, 4.69) is 21.2 Å². The molecule has 0 saturated heterocycles. The molecule has 0 fully saturated rings. The Hall–Kier alpha value is -4.28. The molecule has 1 heterocycles. The molecule has 1 aliphatic heterocycles. The van der Waals surface area contributed by atoms with Crippen LogP contribution in [0.3, 0.4) is 0 Å². The van der Waals surface area contributed by atoms with Gasteiger partial charge in [-0.05, 0) is 31.2 Å². The number of nitrogens with one attached hydrogen (secondary N) is 3. The van der Waals surface area contributed by atoms with Crippen LogP contribution in [0.15, 0.2) is 41.5 Å². The van der Waals surface area contributed by atoms with Crippen LogP contribution in [0.2, 0.25) is 0 Å². The van der Waals surface area contributed by atoms with E-state index >= 15 is 0 Å². The van der Waals surface area contributed by atoms with Gasteiger partial charge in [-0.15, -0.1) is 0 Å². The molecule has 0 radical (unpaired) electrons. The van der Waals surface area contributed by atoms with Crippen molar-refractivity contribution in [1.82, 2.24) is 5.43 Å². The second-order valence-corrected chi connectivity index (χ2v) is 6.89. The van der Waals surface area contributed by atoms with E-state index in [-0.39, 0.29) is 18.0 Å². The van der Waals surface area contributed by atoms with Crippen LogP contribution in [-0.2, 0) is 14.4 Å². The van der Waals surface area contributed by atoms with E-state index in [0.717, 1.165) is 0 Å². The predicted molar refractivity (Wildman–Crippen MR) is 120 cm³/mol. The summed E-state index contributed by atoms with van der Waals surface area (Å²) < 4.78 is 21.2. The molecule has 174 valence electrons. The number of methoxy groups -OCH3 is 2. The Morgan fingerprint density at radius 1 is 0.939 bits per heavy atom. The molecule has 0 bridgehead atoms. The van der Waals surface area contributed by atoms with Crippen LogP contribution in [0, 0.1) is 0 Å². The fourth-order valence-corrected chi connectivity index (χ4v) is 2.89. The first-order valence-electron chi connectivity index (χ1n) is 9.95. The standard InChI is InChI=1S/C22H24N4O7/c1-13(10-20(27)23-14-4-6-18-19(11-14)33-9-8-32-18)25-26-22(29)21(28)24-16-12-15(30-2)5-7-17(16)31-3/h4-7,11-12H,8-10H2,1-3H3,(H,23,27)(H,24,28)(H,26,29)/b25-13+. The molecule has 3 amide bonds. The first kappa shape index (κ1) is 23.4. The molecular weight excluding hydrogens is 432 g/mol. The molecule has 11 nitrogen and oxygen atoms in total. The van der Waals surface area contributed by atoms with E-state index in [1.54, 1.807) is 37.3 Å². The molecule has 0 atom stereocenters. The van der Waals surface area contributed by atoms with Crippen molar-refractivity contribution in [1.29, 1.82) is 0 Å². The van der Waals surface area contributed by atoms with Gasteiger partial charge in [0.05, 0.1) is 26.3 Å². The number of ether oxygens (including phenoxy) is 4. The molecule has 0 aromatic heterocycles. The molecular formula is C22H24N4O7. The lowest BCUT2D eigenvalue weighted by molar-refractivity contribution is -0.136. The SMILES string of the molecule is COc1ccc(OC)c(NC(=O)C(=O)N/N=C(\C)CC(=O)Nc2ccc3c(c2)OCCO3)c1. The normalized spacial score (nSPS) is 12.4. The fraction of sp³-hybridized carbons (Fsp3) is 0.273. The Morgan fingerprint density at radius 2 is 1.70 bits per heavy atom. The Bertz CT molecular complexity index is 1080. The van der Waals surface area contributed by atoms with Crippen LogP contribution in [0.1, 0.15) is 13.3 Å². The fourth-order valence-electron chi connectivity index (χ4n) is 2.89. The number of hydrogen-bond acceptors (Lipinski definition) is 8. The monoisotopic (exact) mass is 456 g/mol. The Labute approximate surface area is 190 Å². The second kappa shape index (κ2) is 10.8. The number of carbonyl (C=O) groups is 3. The summed E-state index contributed by atoms with van der Waals surface area (Å²) in [4.78, 5) is 36.5. The van der Waals surface area contributed by atoms with Crippen LogP contribution in [-0.4, -0.2) is 50.9 Å². The van der Waals surface area contributed by atoms with Crippen LogP contribution in [0.25, 0.3) is 0 Å². The zero-order valence-electron chi connectivity index (χ0n) is 18.4. The molecule has 3 N–H and O–H groups in total. The quantitative estimate of drug-likeness (QED) is 0.329. The molecule has 11 heteroatoms. The first-order chi connectivity index (χ1) is 15.9. The van der Waals surface area contributed by atoms with Crippen molar-refractivity contribution in [3.63, 3.8) is 0 Å². The van der Waals surface area contributed by atoms with Gasteiger partial charge < -0.3 is 29.6 Å². The van der Waals surface area contributed by atoms with Crippen molar-refractivity contribution in [2.75, 3.05) is 38.1 Å². The highest BCUT2D eigenvalue weighted by Crippen LogP contribution is 2.32. The van der Waals surface area contributed by atoms with Crippen molar-refractivity contribution in [3.8, 4) is 23.0 Å². The molecule has 2 aromatic carbocycles. The van der Waals surface area contributed by atoms with Gasteiger partial charge in [0.1, 0.15) is 24.7 Å². The average molecular weight is 456 g/mol. The van der Waals surface area contributed by atoms with E-state index in [1.807, 2.05) is 0 Å². The lowest BCUT2D eigenvalue weighted by Gasteiger charge is -2.19. The van der Waals surface area contributed by atoms with Gasteiger partial charge in [-0.3, -0.25) is 14.4 Å². The third-order valence-electron chi connectivity index (χ3n) is 4.45. The second-order valence-electron chi connectivity index (χ2n) is 6.89. The first-order valence-corrected chi connectivity index (χ1v) is 9.95. The molecule has 1 aliphatic rings. The Morgan fingerprint density at radius 3 is 2.42 bits per heavy atom. The summed E-state index contributed by atoms with van der Waals surface area (Å²) >= 11 is 0. The highest BCUT2D eigenvalue weighted by molar-refractivity contribution is 6.39. The summed E-state index contributed by atoms with van der Waals surface area (Å²) in [7, 11) is 2.91. The maximum atomic E-state index is 12.3. The maximum absolute atomic E-state index is 12.3. The number of carbonyl (C=O) groups excluding carboxylic acids is 3. The van der Waals surface area contributed by atoms with E-state index in [1.165, 1.54) is 20.3 Å². The highest BCUT2D eigenvalue weighted by atomic mass is 16.6. The largest absolute Gasteiger partial charge is 0.497 e. The lowest BCUT2D eigenvalue weighted by atomic mass is 10.2. The summed E-state index contributed by atoms with van der Waals surface area (Å²) in [6.45, 7) is 2.46. The van der Waals surface area contributed by atoms with Crippen molar-refractivity contribution < 1.29 is 33.3 Å². The molecule has 3 rings (SSSR count). The van der Waals surface area contributed by atoms with Gasteiger partial charge in [-0.2, -0.15) is 5.10 Å². The summed E-state index contributed by atoms with van der Waals surface area (Å²) in [6, 6.07) is 9.82. The van der Waals surface area contributed by atoms with E-state index < -0.39 is 11.8 Å². The van der Waals surface area contributed by atoms with Crippen LogP contribution in [0.5, 0.6) is 23.0 Å². The van der Waals surface area contributed by atoms with E-state index in [9.17, 15) is 14.4 Å². The highest BCUT2D eigenvalue weighted by Gasteiger charge is 2.17. The topological polar surface area (TPSA) is 137 Å². The van der Waals surface area contributed by atoms with Crippen molar-refractivity contribution in [2.24, 2.45) is 5.10 Å². The average Bonchev–Trinajstić information content (AvgIpc) is 2.82. The minimum atomic E-state index is -1.01. The van der Waals surface area contributed by atoms with Gasteiger partial charge in [-0.25, -0.2) is 5.43 Å². The van der Waals surface area contributed by atoms with E-state index in [0.29, 0.717) is 47.6 Å². The lowest BCUT2D eigenvalue weighted by Crippen LogP contribution is -2.33. The number of rotatable bonds is 7. The van der Waals surface area contributed by atoms with Crippen LogP contribution in [0.4, 0.5) is 11.4 Å². The smallest absolute Gasteiger partial charge is 0.329 e. The Balaban J connectivity index is 1.52. The molecule has 2 aromatic rings. The number of nitrogens with zero attached hydrogens (tertiary/aromatic N) is 1. The van der Waals surface area contributed by atoms with Gasteiger partial charge in [0.25, 0.3) is 0 Å². The van der Waals surface area contributed by atoms with Crippen molar-refractivity contribution in [3.05, 3.63) is 36.4 Å². The van der Waals surface area contributed by atoms with Crippen LogP contribution >= 0.6 is 0 Å². The van der Waals surface area contributed by atoms with E-state index in [4.69, 9.17) is 18.9 Å². The Kier molecular flexibility index (Phi) is 7.68. The van der Waals surface area contributed by atoms with Crippen molar-refractivity contribution in [2.45, 2.75) is 13.3 Å². The van der Waals surface area contributed by atoms with Crippen molar-refractivity contribution >= 4 is 34.8 Å². The molecule has 0 spiro atoms. The zero-order valence-corrected chi connectivity index (χ0v) is 18.4. The minimum Gasteiger partial charge on any atom is -0.497 e. The number of fused-ring (bicyclic) bond motifs is 1.